The highest BCUT2D eigenvalue weighted by molar-refractivity contribution is 5.76. The van der Waals surface area contributed by atoms with Crippen LogP contribution in [0.2, 0.25) is 0 Å². The van der Waals surface area contributed by atoms with Crippen LogP contribution in [0.25, 0.3) is 0 Å². The van der Waals surface area contributed by atoms with E-state index >= 15 is 0 Å². The van der Waals surface area contributed by atoms with Crippen molar-refractivity contribution in [3.63, 3.8) is 0 Å². The van der Waals surface area contributed by atoms with E-state index in [1.807, 2.05) is 0 Å². The lowest BCUT2D eigenvalue weighted by molar-refractivity contribution is -0.139. The molecule has 1 aliphatic heterocycles. The first-order valence-corrected chi connectivity index (χ1v) is 2.40. The third-order valence-electron chi connectivity index (χ3n) is 1.02. The molecule has 1 unspecified atom stereocenters. The molecule has 1 aliphatic rings. The minimum Gasteiger partial charge on any atom is -0.454 e. The topological polar surface area (TPSA) is 43.4 Å². The second kappa shape index (κ2) is 1.94. The zero-order valence-corrected chi connectivity index (χ0v) is 4.22. The van der Waals surface area contributed by atoms with Gasteiger partial charge in [-0.15, -0.1) is 0 Å². The number of ether oxygens (including phenoxy) is 1. The van der Waals surface area contributed by atoms with E-state index in [0.29, 0.717) is 12.8 Å². The Morgan fingerprint density at radius 3 is 2.75 bits per heavy atom. The Bertz CT molecular complexity index is 119. The Morgan fingerprint density at radius 1 is 1.75 bits per heavy atom. The second-order valence-electron chi connectivity index (χ2n) is 1.64. The van der Waals surface area contributed by atoms with Crippen molar-refractivity contribution in [2.45, 2.75) is 18.9 Å². The second-order valence-corrected chi connectivity index (χ2v) is 1.64. The molecule has 1 saturated heterocycles. The minimum absolute atomic E-state index is 0.293. The number of carbonyl (C=O) groups excluding carboxylic acids is 2. The molecule has 8 heavy (non-hydrogen) atoms. The summed E-state index contributed by atoms with van der Waals surface area (Å²) in [4.78, 5) is 20.0. The van der Waals surface area contributed by atoms with Crippen molar-refractivity contribution in [1.29, 1.82) is 0 Å². The fraction of sp³-hybridized carbons (Fsp3) is 0.600. The summed E-state index contributed by atoms with van der Waals surface area (Å²) in [6.45, 7) is 0. The summed E-state index contributed by atoms with van der Waals surface area (Å²) in [5.41, 5.74) is 0. The molecule has 1 heterocycles. The Morgan fingerprint density at radius 2 is 2.50 bits per heavy atom. The molecule has 3 nitrogen and oxygen atoms in total. The van der Waals surface area contributed by atoms with Crippen LogP contribution in [0.15, 0.2) is 0 Å². The van der Waals surface area contributed by atoms with Crippen LogP contribution in [0.5, 0.6) is 0 Å². The van der Waals surface area contributed by atoms with Gasteiger partial charge in [0.2, 0.25) is 6.29 Å². The fourth-order valence-corrected chi connectivity index (χ4v) is 0.608. The number of esters is 1. The lowest BCUT2D eigenvalue weighted by Gasteiger charge is -1.93. The maximum atomic E-state index is 10.2. The van der Waals surface area contributed by atoms with Gasteiger partial charge >= 0.3 is 5.97 Å². The zero-order valence-electron chi connectivity index (χ0n) is 4.22. The maximum Gasteiger partial charge on any atom is 0.306 e. The molecule has 43 valence electrons. The number of hydrogen-bond donors (Lipinski definition) is 0. The highest BCUT2D eigenvalue weighted by Gasteiger charge is 2.22. The predicted molar refractivity (Wildman–Crippen MR) is 24.8 cm³/mol. The first-order valence-electron chi connectivity index (χ1n) is 2.40. The molecule has 0 N–H and O–H groups in total. The molecule has 0 saturated carbocycles. The van der Waals surface area contributed by atoms with Crippen LogP contribution < -0.4 is 0 Å². The first kappa shape index (κ1) is 5.28. The van der Waals surface area contributed by atoms with Gasteiger partial charge in [0.1, 0.15) is 0 Å². The third-order valence-corrected chi connectivity index (χ3v) is 1.02. The molecule has 0 amide bonds. The number of hydrogen-bond acceptors (Lipinski definition) is 3. The van der Waals surface area contributed by atoms with E-state index in [4.69, 9.17) is 0 Å². The monoisotopic (exact) mass is 113 g/mol. The van der Waals surface area contributed by atoms with Crippen molar-refractivity contribution < 1.29 is 14.3 Å². The molecule has 3 heteroatoms. The van der Waals surface area contributed by atoms with Crippen molar-refractivity contribution in [3.8, 4) is 0 Å². The first-order chi connectivity index (χ1) is 3.83. The molecule has 1 rings (SSSR count). The van der Waals surface area contributed by atoms with Crippen LogP contribution in [-0.2, 0) is 14.3 Å². The Balaban J connectivity index is 2.43. The summed E-state index contributed by atoms with van der Waals surface area (Å²) in [7, 11) is 0. The average Bonchev–Trinajstić information content (AvgIpc) is 2.14. The molecule has 1 radical (unpaired) electrons. The number of cyclic esters (lactones) is 1. The summed E-state index contributed by atoms with van der Waals surface area (Å²) in [5, 5.41) is 0. The largest absolute Gasteiger partial charge is 0.454 e. The van der Waals surface area contributed by atoms with Crippen LogP contribution in [-0.4, -0.2) is 18.4 Å². The van der Waals surface area contributed by atoms with Crippen LogP contribution in [0, 0.1) is 0 Å². The molecular weight excluding hydrogens is 108 g/mol. The molecule has 0 aliphatic carbocycles. The smallest absolute Gasteiger partial charge is 0.306 e. The van der Waals surface area contributed by atoms with E-state index < -0.39 is 6.10 Å². The van der Waals surface area contributed by atoms with Crippen LogP contribution in [0.1, 0.15) is 12.8 Å². The zero-order chi connectivity index (χ0) is 5.98. The fourth-order valence-electron chi connectivity index (χ4n) is 0.608. The SMILES string of the molecule is O=[C]C1CCC(=O)O1. The molecule has 0 bridgehead atoms. The van der Waals surface area contributed by atoms with Crippen molar-refractivity contribution in [1.82, 2.24) is 0 Å². The van der Waals surface area contributed by atoms with Crippen LogP contribution >= 0.6 is 0 Å². The Labute approximate surface area is 46.6 Å². The highest BCUT2D eigenvalue weighted by Crippen LogP contribution is 2.10. The van der Waals surface area contributed by atoms with E-state index in [2.05, 4.69) is 4.74 Å². The van der Waals surface area contributed by atoms with Gasteiger partial charge in [0.25, 0.3) is 0 Å². The average molecular weight is 113 g/mol. The molecule has 0 aromatic heterocycles. The van der Waals surface area contributed by atoms with Gasteiger partial charge in [-0.1, -0.05) is 0 Å². The predicted octanol–water partition coefficient (Wildman–Crippen LogP) is -0.198. The van der Waals surface area contributed by atoms with Crippen LogP contribution in [0.4, 0.5) is 0 Å². The number of rotatable bonds is 1. The summed E-state index contributed by atoms with van der Waals surface area (Å²) >= 11 is 0. The molecule has 1 fully saturated rings. The standard InChI is InChI=1S/C5H5O3/c6-3-4-1-2-5(7)8-4/h4H,1-2H2. The highest BCUT2D eigenvalue weighted by atomic mass is 16.6. The van der Waals surface area contributed by atoms with E-state index in [9.17, 15) is 9.59 Å². The van der Waals surface area contributed by atoms with Gasteiger partial charge in [-0.25, -0.2) is 0 Å². The van der Waals surface area contributed by atoms with Gasteiger partial charge in [-0.3, -0.25) is 9.59 Å². The van der Waals surface area contributed by atoms with Gasteiger partial charge in [-0.05, 0) is 0 Å². The molecular formula is C5H5O3. The third kappa shape index (κ3) is 0.857. The molecule has 0 spiro atoms. The number of carbonyl (C=O) groups is 1. The lowest BCUT2D eigenvalue weighted by Crippen LogP contribution is -2.06. The van der Waals surface area contributed by atoms with Gasteiger partial charge in [0, 0.05) is 12.8 Å². The van der Waals surface area contributed by atoms with Gasteiger partial charge < -0.3 is 4.74 Å². The minimum atomic E-state index is -0.581. The van der Waals surface area contributed by atoms with E-state index in [1.54, 1.807) is 6.29 Å². The molecule has 0 aromatic rings. The summed E-state index contributed by atoms with van der Waals surface area (Å²) in [6.07, 6.45) is 1.88. The Hall–Kier alpha value is -0.860. The lowest BCUT2D eigenvalue weighted by atomic mass is 10.3. The summed E-state index contributed by atoms with van der Waals surface area (Å²) in [5.74, 6) is -0.293. The van der Waals surface area contributed by atoms with Crippen molar-refractivity contribution in [2.75, 3.05) is 0 Å². The van der Waals surface area contributed by atoms with Crippen molar-refractivity contribution in [2.24, 2.45) is 0 Å². The van der Waals surface area contributed by atoms with Gasteiger partial charge in [-0.2, -0.15) is 0 Å². The van der Waals surface area contributed by atoms with Gasteiger partial charge in [0.15, 0.2) is 6.10 Å². The van der Waals surface area contributed by atoms with Crippen molar-refractivity contribution in [3.05, 3.63) is 0 Å². The normalized spacial score (nSPS) is 27.5. The van der Waals surface area contributed by atoms with Crippen LogP contribution in [0.3, 0.4) is 0 Å². The Kier molecular flexibility index (Phi) is 1.28. The van der Waals surface area contributed by atoms with E-state index in [1.165, 1.54) is 0 Å². The molecule has 1 atom stereocenters. The summed E-state index contributed by atoms with van der Waals surface area (Å²) in [6, 6.07) is 0. The van der Waals surface area contributed by atoms with Gasteiger partial charge in [0.05, 0.1) is 0 Å². The molecule has 0 aromatic carbocycles. The maximum absolute atomic E-state index is 10.2. The summed E-state index contributed by atoms with van der Waals surface area (Å²) < 4.78 is 4.45. The van der Waals surface area contributed by atoms with E-state index in [0.717, 1.165) is 0 Å². The van der Waals surface area contributed by atoms with Crippen molar-refractivity contribution >= 4 is 12.3 Å². The van der Waals surface area contributed by atoms with E-state index in [-0.39, 0.29) is 5.97 Å². The quantitative estimate of drug-likeness (QED) is 0.442.